The van der Waals surface area contributed by atoms with Crippen LogP contribution in [0.3, 0.4) is 0 Å². The topological polar surface area (TPSA) is 61.6 Å². The van der Waals surface area contributed by atoms with E-state index in [1.807, 2.05) is 40.9 Å². The van der Waals surface area contributed by atoms with Gasteiger partial charge in [-0.3, -0.25) is 14.4 Å². The largest absolute Gasteiger partial charge is 0.385 e. The molecule has 1 amide bonds. The van der Waals surface area contributed by atoms with Gasteiger partial charge in [-0.25, -0.2) is 0 Å². The number of hydrogen-bond acceptors (Lipinski definition) is 4. The molecule has 1 aromatic heterocycles. The van der Waals surface area contributed by atoms with E-state index in [9.17, 15) is 9.90 Å². The number of aryl methyl sites for hydroxylation is 1. The van der Waals surface area contributed by atoms with Gasteiger partial charge in [-0.05, 0) is 62.6 Å². The molecule has 3 heterocycles. The molecule has 5 rings (SSSR count). The minimum atomic E-state index is -0.789. The quantitative estimate of drug-likeness (QED) is 0.738. The molecule has 0 bridgehead atoms. The van der Waals surface area contributed by atoms with Crippen molar-refractivity contribution in [3.63, 3.8) is 0 Å². The highest BCUT2D eigenvalue weighted by Gasteiger charge is 2.38. The van der Waals surface area contributed by atoms with E-state index < -0.39 is 5.60 Å². The molecule has 2 aliphatic heterocycles. The van der Waals surface area contributed by atoms with Gasteiger partial charge in [-0.2, -0.15) is 5.10 Å². The lowest BCUT2D eigenvalue weighted by molar-refractivity contribution is -0.0370. The number of aliphatic hydroxyl groups is 1. The highest BCUT2D eigenvalue weighted by atomic mass is 35.5. The Morgan fingerprint density at radius 1 is 1.06 bits per heavy atom. The summed E-state index contributed by atoms with van der Waals surface area (Å²) in [7, 11) is 1.98. The second-order valence-electron chi connectivity index (χ2n) is 10.1. The highest BCUT2D eigenvalue weighted by molar-refractivity contribution is 6.30. The third-order valence-corrected chi connectivity index (χ3v) is 8.30. The van der Waals surface area contributed by atoms with Crippen molar-refractivity contribution in [3.05, 3.63) is 51.8 Å². The van der Waals surface area contributed by atoms with Crippen molar-refractivity contribution in [2.45, 2.75) is 69.4 Å². The molecule has 1 unspecified atom stereocenters. The molecule has 3 aliphatic rings. The van der Waals surface area contributed by atoms with Crippen molar-refractivity contribution in [3.8, 4) is 0 Å². The van der Waals surface area contributed by atoms with E-state index in [1.54, 1.807) is 0 Å². The van der Waals surface area contributed by atoms with Crippen molar-refractivity contribution in [2.24, 2.45) is 7.05 Å². The Morgan fingerprint density at radius 2 is 1.73 bits per heavy atom. The third kappa shape index (κ3) is 4.58. The molecule has 6 nitrogen and oxygen atoms in total. The van der Waals surface area contributed by atoms with E-state index in [1.165, 1.54) is 18.5 Å². The Kier molecular flexibility index (Phi) is 6.51. The second kappa shape index (κ2) is 9.40. The number of nitrogens with zero attached hydrogens (tertiary/aromatic N) is 4. The lowest BCUT2D eigenvalue weighted by Crippen LogP contribution is -2.48. The SMILES string of the molecule is Cn1nc(C(=O)N2CCCCCC2)c2c1CCC(N1CCC(O)(c3ccc(Cl)cc3)CC1)C2. The summed E-state index contributed by atoms with van der Waals surface area (Å²) in [5.74, 6) is 0.116. The van der Waals surface area contributed by atoms with E-state index in [0.717, 1.165) is 69.4 Å². The van der Waals surface area contributed by atoms with Crippen LogP contribution in [0.1, 0.15) is 72.3 Å². The summed E-state index contributed by atoms with van der Waals surface area (Å²) < 4.78 is 1.94. The van der Waals surface area contributed by atoms with Crippen molar-refractivity contribution in [1.82, 2.24) is 19.6 Å². The van der Waals surface area contributed by atoms with E-state index >= 15 is 0 Å². The van der Waals surface area contributed by atoms with Crippen LogP contribution in [0.5, 0.6) is 0 Å². The minimum Gasteiger partial charge on any atom is -0.385 e. The summed E-state index contributed by atoms with van der Waals surface area (Å²) in [5, 5.41) is 16.7. The summed E-state index contributed by atoms with van der Waals surface area (Å²) in [6, 6.07) is 8.00. The fraction of sp³-hybridized carbons (Fsp3) is 0.615. The van der Waals surface area contributed by atoms with Gasteiger partial charge >= 0.3 is 0 Å². The fourth-order valence-electron chi connectivity index (χ4n) is 5.99. The van der Waals surface area contributed by atoms with Gasteiger partial charge in [0.2, 0.25) is 0 Å². The van der Waals surface area contributed by atoms with Crippen LogP contribution in [0, 0.1) is 0 Å². The number of amides is 1. The van der Waals surface area contributed by atoms with Crippen LogP contribution in [0.15, 0.2) is 24.3 Å². The summed E-state index contributed by atoms with van der Waals surface area (Å²) in [4.78, 5) is 17.9. The molecule has 0 saturated carbocycles. The molecule has 0 spiro atoms. The van der Waals surface area contributed by atoms with Crippen molar-refractivity contribution < 1.29 is 9.90 Å². The van der Waals surface area contributed by atoms with Crippen molar-refractivity contribution in [1.29, 1.82) is 0 Å². The molecule has 7 heteroatoms. The van der Waals surface area contributed by atoms with Crippen LogP contribution in [0.25, 0.3) is 0 Å². The van der Waals surface area contributed by atoms with Gasteiger partial charge in [-0.15, -0.1) is 0 Å². The molecule has 2 saturated heterocycles. The standard InChI is InChI=1S/C26H35ClN4O2/c1-29-23-11-10-21(18-22(23)24(28-29)25(32)31-14-4-2-3-5-15-31)30-16-12-26(33,13-17-30)19-6-8-20(27)9-7-19/h6-9,21,33H,2-5,10-18H2,1H3. The maximum atomic E-state index is 13.4. The lowest BCUT2D eigenvalue weighted by Gasteiger charge is -2.43. The van der Waals surface area contributed by atoms with Crippen LogP contribution >= 0.6 is 11.6 Å². The predicted molar refractivity (Wildman–Crippen MR) is 130 cm³/mol. The number of hydrogen-bond donors (Lipinski definition) is 1. The Balaban J connectivity index is 1.28. The predicted octanol–water partition coefficient (Wildman–Crippen LogP) is 3.93. The number of likely N-dealkylation sites (tertiary alicyclic amines) is 2. The first-order valence-electron chi connectivity index (χ1n) is 12.5. The summed E-state index contributed by atoms with van der Waals surface area (Å²) >= 11 is 6.03. The Hall–Kier alpha value is -1.89. The fourth-order valence-corrected chi connectivity index (χ4v) is 6.11. The lowest BCUT2D eigenvalue weighted by atomic mass is 9.82. The van der Waals surface area contributed by atoms with Crippen LogP contribution in [0.2, 0.25) is 5.02 Å². The average Bonchev–Trinajstić information content (AvgIpc) is 2.99. The molecule has 1 N–H and O–H groups in total. The number of benzene rings is 1. The van der Waals surface area contributed by atoms with Crippen LogP contribution < -0.4 is 0 Å². The molecule has 2 fully saturated rings. The smallest absolute Gasteiger partial charge is 0.274 e. The number of fused-ring (bicyclic) bond motifs is 1. The molecule has 178 valence electrons. The van der Waals surface area contributed by atoms with Gasteiger partial charge in [-0.1, -0.05) is 36.6 Å². The number of carbonyl (C=O) groups excluding carboxylic acids is 1. The van der Waals surface area contributed by atoms with Crippen LogP contribution in [-0.4, -0.2) is 62.8 Å². The molecule has 33 heavy (non-hydrogen) atoms. The average molecular weight is 471 g/mol. The van der Waals surface area contributed by atoms with Crippen molar-refractivity contribution in [2.75, 3.05) is 26.2 Å². The maximum absolute atomic E-state index is 13.4. The molecule has 1 aromatic carbocycles. The number of carbonyl (C=O) groups is 1. The van der Waals surface area contributed by atoms with Gasteiger partial charge in [0.1, 0.15) is 0 Å². The molecular weight excluding hydrogens is 436 g/mol. The first kappa shape index (κ1) is 22.9. The Morgan fingerprint density at radius 3 is 2.39 bits per heavy atom. The first-order chi connectivity index (χ1) is 15.9. The zero-order valence-electron chi connectivity index (χ0n) is 19.6. The molecule has 2 aromatic rings. The van der Waals surface area contributed by atoms with Gasteiger partial charge in [0.25, 0.3) is 5.91 Å². The number of piperidine rings is 1. The number of rotatable bonds is 3. The minimum absolute atomic E-state index is 0.116. The van der Waals surface area contributed by atoms with Crippen LogP contribution in [-0.2, 0) is 25.5 Å². The van der Waals surface area contributed by atoms with Gasteiger partial charge in [0.05, 0.1) is 5.60 Å². The molecule has 0 radical (unpaired) electrons. The highest BCUT2D eigenvalue weighted by Crippen LogP contribution is 2.36. The van der Waals surface area contributed by atoms with E-state index in [4.69, 9.17) is 16.7 Å². The van der Waals surface area contributed by atoms with Gasteiger partial charge < -0.3 is 10.0 Å². The maximum Gasteiger partial charge on any atom is 0.274 e. The molecule has 1 aliphatic carbocycles. The van der Waals surface area contributed by atoms with E-state index in [-0.39, 0.29) is 5.91 Å². The zero-order chi connectivity index (χ0) is 23.0. The number of aromatic nitrogens is 2. The van der Waals surface area contributed by atoms with Crippen LogP contribution in [0.4, 0.5) is 0 Å². The molecule has 1 atom stereocenters. The van der Waals surface area contributed by atoms with Crippen molar-refractivity contribution >= 4 is 17.5 Å². The summed E-state index contributed by atoms with van der Waals surface area (Å²) in [5.41, 5.74) is 3.22. The third-order valence-electron chi connectivity index (χ3n) is 8.05. The normalized spacial score (nSPS) is 23.7. The summed E-state index contributed by atoms with van der Waals surface area (Å²) in [6.07, 6.45) is 8.93. The monoisotopic (exact) mass is 470 g/mol. The Labute approximate surface area is 201 Å². The molecular formula is C26H35ClN4O2. The first-order valence-corrected chi connectivity index (χ1v) is 12.9. The second-order valence-corrected chi connectivity index (χ2v) is 10.5. The van der Waals surface area contributed by atoms with E-state index in [2.05, 4.69) is 4.90 Å². The van der Waals surface area contributed by atoms with Gasteiger partial charge in [0, 0.05) is 55.5 Å². The van der Waals surface area contributed by atoms with E-state index in [0.29, 0.717) is 29.6 Å². The Bertz CT molecular complexity index is 986. The number of halogens is 1. The van der Waals surface area contributed by atoms with Gasteiger partial charge in [0.15, 0.2) is 5.69 Å². The zero-order valence-corrected chi connectivity index (χ0v) is 20.4. The summed E-state index contributed by atoms with van der Waals surface area (Å²) in [6.45, 7) is 3.41.